The van der Waals surface area contributed by atoms with Gasteiger partial charge < -0.3 is 5.32 Å². The Morgan fingerprint density at radius 1 is 1.35 bits per heavy atom. The lowest BCUT2D eigenvalue weighted by Gasteiger charge is -2.11. The molecule has 1 aliphatic heterocycles. The van der Waals surface area contributed by atoms with Gasteiger partial charge in [-0.25, -0.2) is 5.43 Å². The van der Waals surface area contributed by atoms with Gasteiger partial charge in [0.2, 0.25) is 11.7 Å². The SMILES string of the molecule is CC1CC(NC(=O)CCCn2nnc(-c3ccccc3)n2)NN1. The van der Waals surface area contributed by atoms with E-state index in [0.717, 1.165) is 12.0 Å². The highest BCUT2D eigenvalue weighted by atomic mass is 16.1. The summed E-state index contributed by atoms with van der Waals surface area (Å²) >= 11 is 0. The highest BCUT2D eigenvalue weighted by Crippen LogP contribution is 2.11. The molecule has 122 valence electrons. The van der Waals surface area contributed by atoms with Gasteiger partial charge in [-0.05, 0) is 25.0 Å². The standard InChI is InChI=1S/C15H21N7O/c1-11-10-13(18-17-11)16-14(23)8-5-9-22-20-15(19-21-22)12-6-3-2-4-7-12/h2-4,6-7,11,13,17-18H,5,8-10H2,1H3,(H,16,23). The number of nitrogens with zero attached hydrogens (tertiary/aromatic N) is 4. The van der Waals surface area contributed by atoms with Gasteiger partial charge in [-0.2, -0.15) is 4.80 Å². The van der Waals surface area contributed by atoms with Crippen LogP contribution in [-0.4, -0.2) is 38.3 Å². The van der Waals surface area contributed by atoms with E-state index >= 15 is 0 Å². The van der Waals surface area contributed by atoms with Crippen molar-refractivity contribution >= 4 is 5.91 Å². The Morgan fingerprint density at radius 2 is 2.17 bits per heavy atom. The molecule has 2 unspecified atom stereocenters. The third kappa shape index (κ3) is 4.33. The third-order valence-electron chi connectivity index (χ3n) is 3.68. The third-order valence-corrected chi connectivity index (χ3v) is 3.68. The van der Waals surface area contributed by atoms with Crippen LogP contribution in [0.2, 0.25) is 0 Å². The number of carbonyl (C=O) groups excluding carboxylic acids is 1. The molecule has 2 atom stereocenters. The maximum atomic E-state index is 11.9. The van der Waals surface area contributed by atoms with E-state index in [4.69, 9.17) is 0 Å². The van der Waals surface area contributed by atoms with Crippen molar-refractivity contribution in [1.82, 2.24) is 36.4 Å². The quantitative estimate of drug-likeness (QED) is 0.716. The fraction of sp³-hybridized carbons (Fsp3) is 0.467. The number of rotatable bonds is 6. The predicted octanol–water partition coefficient (Wildman–Crippen LogP) is 0.449. The van der Waals surface area contributed by atoms with E-state index in [-0.39, 0.29) is 12.1 Å². The summed E-state index contributed by atoms with van der Waals surface area (Å²) in [5.41, 5.74) is 7.06. The molecule has 1 fully saturated rings. The normalized spacial score (nSPS) is 20.6. The van der Waals surface area contributed by atoms with Crippen molar-refractivity contribution in [2.45, 2.75) is 44.9 Å². The second kappa shape index (κ2) is 7.30. The zero-order chi connectivity index (χ0) is 16.1. The van der Waals surface area contributed by atoms with Crippen LogP contribution >= 0.6 is 0 Å². The minimum absolute atomic E-state index is 0.00618. The van der Waals surface area contributed by atoms with Crippen molar-refractivity contribution in [3.8, 4) is 11.4 Å². The molecule has 0 aliphatic carbocycles. The molecule has 0 bridgehead atoms. The van der Waals surface area contributed by atoms with Gasteiger partial charge in [0.05, 0.1) is 12.7 Å². The summed E-state index contributed by atoms with van der Waals surface area (Å²) in [6, 6.07) is 10.1. The Balaban J connectivity index is 1.42. The summed E-state index contributed by atoms with van der Waals surface area (Å²) in [7, 11) is 0. The first-order valence-electron chi connectivity index (χ1n) is 7.84. The summed E-state index contributed by atoms with van der Waals surface area (Å²) in [6.45, 7) is 2.64. The molecular formula is C15H21N7O. The lowest BCUT2D eigenvalue weighted by Crippen LogP contribution is -2.44. The highest BCUT2D eigenvalue weighted by molar-refractivity contribution is 5.76. The number of carbonyl (C=O) groups is 1. The molecular weight excluding hydrogens is 294 g/mol. The minimum atomic E-state index is 0.00618. The van der Waals surface area contributed by atoms with E-state index in [1.807, 2.05) is 30.3 Å². The molecule has 3 N–H and O–H groups in total. The van der Waals surface area contributed by atoms with E-state index < -0.39 is 0 Å². The minimum Gasteiger partial charge on any atom is -0.340 e. The molecule has 2 aromatic rings. The molecule has 0 radical (unpaired) electrons. The van der Waals surface area contributed by atoms with Crippen LogP contribution in [0.4, 0.5) is 0 Å². The highest BCUT2D eigenvalue weighted by Gasteiger charge is 2.21. The summed E-state index contributed by atoms with van der Waals surface area (Å²) in [5.74, 6) is 0.632. The van der Waals surface area contributed by atoms with Gasteiger partial charge in [0.15, 0.2) is 0 Å². The number of benzene rings is 1. The summed E-state index contributed by atoms with van der Waals surface area (Å²) in [4.78, 5) is 13.4. The zero-order valence-corrected chi connectivity index (χ0v) is 13.1. The number of amides is 1. The summed E-state index contributed by atoms with van der Waals surface area (Å²) < 4.78 is 0. The van der Waals surface area contributed by atoms with Crippen molar-refractivity contribution in [3.63, 3.8) is 0 Å². The molecule has 8 nitrogen and oxygen atoms in total. The van der Waals surface area contributed by atoms with Crippen LogP contribution in [0.1, 0.15) is 26.2 Å². The van der Waals surface area contributed by atoms with Gasteiger partial charge in [-0.15, -0.1) is 10.2 Å². The Bertz CT molecular complexity index is 642. The van der Waals surface area contributed by atoms with Crippen LogP contribution in [0.25, 0.3) is 11.4 Å². The lowest BCUT2D eigenvalue weighted by atomic mass is 10.2. The van der Waals surface area contributed by atoms with E-state index in [1.165, 1.54) is 4.80 Å². The average Bonchev–Trinajstić information content (AvgIpc) is 3.17. The second-order valence-electron chi connectivity index (χ2n) is 5.72. The van der Waals surface area contributed by atoms with Crippen LogP contribution in [0.5, 0.6) is 0 Å². The number of tetrazole rings is 1. The first-order chi connectivity index (χ1) is 11.2. The molecule has 0 spiro atoms. The molecule has 1 aliphatic rings. The van der Waals surface area contributed by atoms with Crippen LogP contribution in [0.15, 0.2) is 30.3 Å². The monoisotopic (exact) mass is 315 g/mol. The predicted molar refractivity (Wildman–Crippen MR) is 84.8 cm³/mol. The van der Waals surface area contributed by atoms with Crippen LogP contribution in [-0.2, 0) is 11.3 Å². The molecule has 1 aromatic heterocycles. The topological polar surface area (TPSA) is 96.8 Å². The largest absolute Gasteiger partial charge is 0.340 e. The van der Waals surface area contributed by atoms with Gasteiger partial charge in [0, 0.05) is 18.0 Å². The van der Waals surface area contributed by atoms with Crippen molar-refractivity contribution < 1.29 is 4.79 Å². The van der Waals surface area contributed by atoms with E-state index in [2.05, 4.69) is 38.5 Å². The van der Waals surface area contributed by atoms with Gasteiger partial charge in [-0.1, -0.05) is 30.3 Å². The molecule has 8 heteroatoms. The van der Waals surface area contributed by atoms with Crippen molar-refractivity contribution in [1.29, 1.82) is 0 Å². The van der Waals surface area contributed by atoms with E-state index in [0.29, 0.717) is 31.3 Å². The maximum absolute atomic E-state index is 11.9. The Morgan fingerprint density at radius 3 is 2.91 bits per heavy atom. The number of hydrogen-bond donors (Lipinski definition) is 3. The molecule has 1 aromatic carbocycles. The first kappa shape index (κ1) is 15.6. The summed E-state index contributed by atoms with van der Waals surface area (Å²) in [5, 5.41) is 15.3. The molecule has 1 saturated heterocycles. The van der Waals surface area contributed by atoms with Crippen LogP contribution in [0.3, 0.4) is 0 Å². The summed E-state index contributed by atoms with van der Waals surface area (Å²) in [6.07, 6.45) is 2.00. The van der Waals surface area contributed by atoms with Gasteiger partial charge >= 0.3 is 0 Å². The van der Waals surface area contributed by atoms with Crippen LogP contribution in [0, 0.1) is 0 Å². The second-order valence-corrected chi connectivity index (χ2v) is 5.72. The number of hydrogen-bond acceptors (Lipinski definition) is 6. The van der Waals surface area contributed by atoms with Crippen LogP contribution < -0.4 is 16.2 Å². The smallest absolute Gasteiger partial charge is 0.221 e. The lowest BCUT2D eigenvalue weighted by molar-refractivity contribution is -0.122. The fourth-order valence-corrected chi connectivity index (χ4v) is 2.50. The number of hydrazine groups is 1. The van der Waals surface area contributed by atoms with Crippen molar-refractivity contribution in [2.75, 3.05) is 0 Å². The first-order valence-corrected chi connectivity index (χ1v) is 7.84. The van der Waals surface area contributed by atoms with Gasteiger partial charge in [0.25, 0.3) is 0 Å². The molecule has 3 rings (SSSR count). The fourth-order valence-electron chi connectivity index (χ4n) is 2.50. The Hall–Kier alpha value is -2.32. The molecule has 1 amide bonds. The molecule has 23 heavy (non-hydrogen) atoms. The number of nitrogens with one attached hydrogen (secondary N) is 3. The van der Waals surface area contributed by atoms with E-state index in [9.17, 15) is 4.79 Å². The maximum Gasteiger partial charge on any atom is 0.221 e. The van der Waals surface area contributed by atoms with Crippen molar-refractivity contribution in [2.24, 2.45) is 0 Å². The molecule has 2 heterocycles. The van der Waals surface area contributed by atoms with Gasteiger partial charge in [-0.3, -0.25) is 10.2 Å². The molecule has 0 saturated carbocycles. The average molecular weight is 315 g/mol. The number of aryl methyl sites for hydroxylation is 1. The Kier molecular flexibility index (Phi) is 4.94. The van der Waals surface area contributed by atoms with E-state index in [1.54, 1.807) is 0 Å². The van der Waals surface area contributed by atoms with Crippen molar-refractivity contribution in [3.05, 3.63) is 30.3 Å². The zero-order valence-electron chi connectivity index (χ0n) is 13.1. The Labute approximate surface area is 134 Å². The number of aromatic nitrogens is 4. The van der Waals surface area contributed by atoms with Gasteiger partial charge in [0.1, 0.15) is 0 Å².